The summed E-state index contributed by atoms with van der Waals surface area (Å²) in [6.07, 6.45) is -0.897. The van der Waals surface area contributed by atoms with Gasteiger partial charge in [0.25, 0.3) is 0 Å². The Kier molecular flexibility index (Phi) is 5.56. The fourth-order valence-corrected chi connectivity index (χ4v) is 4.76. The predicted molar refractivity (Wildman–Crippen MR) is 110 cm³/mol. The van der Waals surface area contributed by atoms with Gasteiger partial charge in [-0.1, -0.05) is 91.3 Å². The van der Waals surface area contributed by atoms with Crippen molar-refractivity contribution in [3.05, 3.63) is 71.3 Å². The maximum absolute atomic E-state index is 14.4. The Morgan fingerprint density at radius 3 is 2.36 bits per heavy atom. The van der Waals surface area contributed by atoms with Crippen molar-refractivity contribution < 1.29 is 19.0 Å². The van der Waals surface area contributed by atoms with E-state index in [1.54, 1.807) is 12.1 Å². The molecule has 0 radical (unpaired) electrons. The molecule has 0 aromatic heterocycles. The lowest BCUT2D eigenvalue weighted by Gasteiger charge is -2.58. The molecule has 6 heteroatoms. The van der Waals surface area contributed by atoms with E-state index in [2.05, 4.69) is 15.9 Å². The predicted octanol–water partition coefficient (Wildman–Crippen LogP) is 5.70. The Balaban J connectivity index is 2.17. The highest BCUT2D eigenvalue weighted by atomic mass is 79.9. The van der Waals surface area contributed by atoms with Crippen LogP contribution in [0.25, 0.3) is 0 Å². The van der Waals surface area contributed by atoms with Crippen LogP contribution in [0.15, 0.2) is 54.6 Å². The second-order valence-electron chi connectivity index (χ2n) is 8.15. The summed E-state index contributed by atoms with van der Waals surface area (Å²) in [6.45, 7) is 5.08. The number of hydrogen-bond donors (Lipinski definition) is 1. The van der Waals surface area contributed by atoms with Crippen molar-refractivity contribution in [2.45, 2.75) is 44.0 Å². The smallest absolute Gasteiger partial charge is 0.411 e. The van der Waals surface area contributed by atoms with Crippen molar-refractivity contribution in [1.82, 2.24) is 4.90 Å². The van der Waals surface area contributed by atoms with Crippen LogP contribution in [0.3, 0.4) is 0 Å². The number of benzene rings is 2. The first-order chi connectivity index (χ1) is 13.2. The van der Waals surface area contributed by atoms with Gasteiger partial charge in [0.15, 0.2) is 10.2 Å². The third-order valence-corrected chi connectivity index (χ3v) is 6.43. The second-order valence-corrected chi connectivity index (χ2v) is 9.47. The van der Waals surface area contributed by atoms with Crippen LogP contribution in [0.4, 0.5) is 9.18 Å². The van der Waals surface area contributed by atoms with E-state index in [0.717, 1.165) is 16.0 Å². The van der Waals surface area contributed by atoms with E-state index in [1.807, 2.05) is 63.2 Å². The van der Waals surface area contributed by atoms with Gasteiger partial charge in [0, 0.05) is 11.8 Å². The number of hydrogen-bond acceptors (Lipinski definition) is 2. The summed E-state index contributed by atoms with van der Waals surface area (Å²) in [5, 5.41) is 10.2. The van der Waals surface area contributed by atoms with Gasteiger partial charge in [0.2, 0.25) is 0 Å². The summed E-state index contributed by atoms with van der Waals surface area (Å²) in [4.78, 5) is 13.6. The quantitative estimate of drug-likeness (QED) is 0.480. The molecule has 0 aliphatic carbocycles. The fraction of sp³-hybridized carbons (Fsp3) is 0.409. The van der Waals surface area contributed by atoms with Gasteiger partial charge in [-0.25, -0.2) is 9.18 Å². The van der Waals surface area contributed by atoms with Crippen molar-refractivity contribution >= 4 is 22.0 Å². The van der Waals surface area contributed by atoms with Crippen LogP contribution in [0, 0.1) is 5.41 Å². The molecule has 0 saturated heterocycles. The molecule has 1 heterocycles. The SMILES string of the molecule is CC(C)(C)C1(OCc2ccccc2)Cc2ccccc2C(Br)(CF)N1C(=O)O. The Bertz CT molecular complexity index is 854. The number of halogens is 2. The molecule has 2 unspecified atom stereocenters. The first kappa shape index (κ1) is 20.8. The molecule has 2 aromatic rings. The first-order valence-electron chi connectivity index (χ1n) is 9.20. The summed E-state index contributed by atoms with van der Waals surface area (Å²) in [5.41, 5.74) is 0.525. The van der Waals surface area contributed by atoms with E-state index >= 15 is 0 Å². The zero-order valence-corrected chi connectivity index (χ0v) is 17.9. The molecule has 2 aromatic carbocycles. The van der Waals surface area contributed by atoms with Crippen LogP contribution in [0.5, 0.6) is 0 Å². The van der Waals surface area contributed by atoms with Crippen molar-refractivity contribution in [2.75, 3.05) is 6.67 Å². The van der Waals surface area contributed by atoms with Gasteiger partial charge in [-0.05, 0) is 16.7 Å². The average Bonchev–Trinajstić information content (AvgIpc) is 2.66. The van der Waals surface area contributed by atoms with E-state index in [9.17, 15) is 14.3 Å². The van der Waals surface area contributed by atoms with Gasteiger partial charge in [0.05, 0.1) is 6.61 Å². The number of rotatable bonds is 4. The van der Waals surface area contributed by atoms with Crippen LogP contribution < -0.4 is 0 Å². The lowest BCUT2D eigenvalue weighted by Crippen LogP contribution is -2.69. The normalized spacial score (nSPS) is 24.7. The summed E-state index contributed by atoms with van der Waals surface area (Å²) in [7, 11) is 0. The Morgan fingerprint density at radius 1 is 1.18 bits per heavy atom. The van der Waals surface area contributed by atoms with Crippen molar-refractivity contribution in [2.24, 2.45) is 5.41 Å². The molecule has 1 N–H and O–H groups in total. The number of carboxylic acid groups (broad SMARTS) is 1. The van der Waals surface area contributed by atoms with Crippen molar-refractivity contribution in [3.63, 3.8) is 0 Å². The monoisotopic (exact) mass is 449 g/mol. The lowest BCUT2D eigenvalue weighted by molar-refractivity contribution is -0.231. The topological polar surface area (TPSA) is 49.8 Å². The lowest BCUT2D eigenvalue weighted by atomic mass is 9.73. The maximum atomic E-state index is 14.4. The highest BCUT2D eigenvalue weighted by Crippen LogP contribution is 2.53. The van der Waals surface area contributed by atoms with Gasteiger partial charge in [-0.3, -0.25) is 4.90 Å². The zero-order chi connectivity index (χ0) is 20.6. The molecule has 3 rings (SSSR count). The number of ether oxygens (including phenoxy) is 1. The van der Waals surface area contributed by atoms with E-state index in [1.165, 1.54) is 0 Å². The number of nitrogens with zero attached hydrogens (tertiary/aromatic N) is 1. The van der Waals surface area contributed by atoms with Crippen LogP contribution >= 0.6 is 15.9 Å². The summed E-state index contributed by atoms with van der Waals surface area (Å²) in [6, 6.07) is 16.9. The molecule has 1 aliphatic rings. The van der Waals surface area contributed by atoms with Gasteiger partial charge in [-0.2, -0.15) is 0 Å². The van der Waals surface area contributed by atoms with E-state index in [4.69, 9.17) is 4.74 Å². The minimum Gasteiger partial charge on any atom is -0.465 e. The Hall–Kier alpha value is -1.92. The molecule has 1 amide bonds. The largest absolute Gasteiger partial charge is 0.465 e. The molecule has 0 saturated carbocycles. The minimum atomic E-state index is -1.52. The highest BCUT2D eigenvalue weighted by Gasteiger charge is 2.61. The molecule has 0 bridgehead atoms. The first-order valence-corrected chi connectivity index (χ1v) is 9.99. The van der Waals surface area contributed by atoms with Crippen molar-refractivity contribution in [3.8, 4) is 0 Å². The van der Waals surface area contributed by atoms with Crippen LogP contribution in [-0.4, -0.2) is 28.5 Å². The molecule has 2 atom stereocenters. The van der Waals surface area contributed by atoms with Gasteiger partial charge < -0.3 is 9.84 Å². The van der Waals surface area contributed by atoms with Gasteiger partial charge in [0.1, 0.15) is 6.67 Å². The second kappa shape index (κ2) is 7.48. The van der Waals surface area contributed by atoms with E-state index in [0.29, 0.717) is 12.0 Å². The Labute approximate surface area is 173 Å². The van der Waals surface area contributed by atoms with E-state index in [-0.39, 0.29) is 6.61 Å². The molecular formula is C22H25BrFNO3. The number of fused-ring (bicyclic) bond motifs is 1. The number of carbonyl (C=O) groups is 1. The number of amides is 1. The molecule has 0 spiro atoms. The molecule has 28 heavy (non-hydrogen) atoms. The highest BCUT2D eigenvalue weighted by molar-refractivity contribution is 9.09. The van der Waals surface area contributed by atoms with Gasteiger partial charge >= 0.3 is 6.09 Å². The average molecular weight is 450 g/mol. The third-order valence-electron chi connectivity index (χ3n) is 5.44. The molecule has 4 nitrogen and oxygen atoms in total. The fourth-order valence-electron chi connectivity index (χ4n) is 3.94. The third kappa shape index (κ3) is 3.33. The standard InChI is InChI=1S/C22H25BrFNO3/c1-20(2,3)22(28-14-16-9-5-4-6-10-16)13-17-11-7-8-12-18(17)21(23,15-24)25(22)19(26)27/h4-12H,13-15H2,1-3H3,(H,26,27). The van der Waals surface area contributed by atoms with Gasteiger partial charge in [-0.15, -0.1) is 0 Å². The van der Waals surface area contributed by atoms with Crippen molar-refractivity contribution in [1.29, 1.82) is 0 Å². The molecule has 0 fully saturated rings. The van der Waals surface area contributed by atoms with E-state index < -0.39 is 28.4 Å². The summed E-state index contributed by atoms with van der Waals surface area (Å²) in [5.74, 6) is 0. The number of alkyl halides is 2. The van der Waals surface area contributed by atoms with Crippen LogP contribution in [-0.2, 0) is 22.2 Å². The summed E-state index contributed by atoms with van der Waals surface area (Å²) >= 11 is 3.45. The van der Waals surface area contributed by atoms with Crippen LogP contribution in [0.2, 0.25) is 0 Å². The molecular weight excluding hydrogens is 425 g/mol. The maximum Gasteiger partial charge on any atom is 0.411 e. The Morgan fingerprint density at radius 2 is 1.79 bits per heavy atom. The molecule has 150 valence electrons. The molecule has 1 aliphatic heterocycles. The summed E-state index contributed by atoms with van der Waals surface area (Å²) < 4.78 is 19.3. The van der Waals surface area contributed by atoms with Crippen LogP contribution in [0.1, 0.15) is 37.5 Å². The zero-order valence-electron chi connectivity index (χ0n) is 16.3. The minimum absolute atomic E-state index is 0.222.